The minimum Gasteiger partial charge on any atom is -0.356 e. The van der Waals surface area contributed by atoms with Crippen molar-refractivity contribution in [1.82, 2.24) is 20.5 Å². The maximum atomic E-state index is 4.28. The zero-order chi connectivity index (χ0) is 15.6. The van der Waals surface area contributed by atoms with Crippen LogP contribution in [0.4, 0.5) is 0 Å². The fourth-order valence-corrected chi connectivity index (χ4v) is 3.47. The van der Waals surface area contributed by atoms with Gasteiger partial charge in [-0.3, -0.25) is 4.99 Å². The average Bonchev–Trinajstić information content (AvgIpc) is 2.77. The number of rotatable bonds is 6. The number of thiazole rings is 1. The van der Waals surface area contributed by atoms with Crippen molar-refractivity contribution >= 4 is 41.3 Å². The molecule has 1 aliphatic heterocycles. The number of nitrogens with one attached hydrogen (secondary N) is 2. The lowest BCUT2D eigenvalue weighted by molar-refractivity contribution is 0.282. The van der Waals surface area contributed by atoms with E-state index >= 15 is 0 Å². The minimum absolute atomic E-state index is 0. The molecular weight excluding hydrogens is 421 g/mol. The fourth-order valence-electron chi connectivity index (χ4n) is 2.75. The van der Waals surface area contributed by atoms with Crippen molar-refractivity contribution in [1.29, 1.82) is 0 Å². The van der Waals surface area contributed by atoms with Crippen LogP contribution in [0.1, 0.15) is 42.7 Å². The number of nitrogens with zero attached hydrogens (tertiary/aromatic N) is 3. The molecule has 1 aromatic heterocycles. The first kappa shape index (κ1) is 20.6. The molecule has 2 N–H and O–H groups in total. The molecule has 0 unspecified atom stereocenters. The average molecular weight is 451 g/mol. The first-order valence-electron chi connectivity index (χ1n) is 8.35. The molecule has 1 aromatic rings. The van der Waals surface area contributed by atoms with Crippen LogP contribution < -0.4 is 10.6 Å². The lowest BCUT2D eigenvalue weighted by atomic mass is 10.2. The molecule has 2 rings (SSSR count). The summed E-state index contributed by atoms with van der Waals surface area (Å²) in [5.41, 5.74) is 3.00. The Labute approximate surface area is 161 Å². The zero-order valence-electron chi connectivity index (χ0n) is 14.3. The maximum absolute atomic E-state index is 4.28. The Balaban J connectivity index is 0.00000264. The molecule has 7 heteroatoms. The predicted molar refractivity (Wildman–Crippen MR) is 110 cm³/mol. The Morgan fingerprint density at radius 3 is 2.61 bits per heavy atom. The highest BCUT2D eigenvalue weighted by Crippen LogP contribution is 2.11. The topological polar surface area (TPSA) is 52.6 Å². The summed E-state index contributed by atoms with van der Waals surface area (Å²) in [6.07, 6.45) is 6.71. The molecule has 1 aliphatic rings. The van der Waals surface area contributed by atoms with Crippen LogP contribution in [0.2, 0.25) is 0 Å². The van der Waals surface area contributed by atoms with Crippen molar-refractivity contribution in [2.24, 2.45) is 4.99 Å². The monoisotopic (exact) mass is 451 g/mol. The van der Waals surface area contributed by atoms with Gasteiger partial charge in [-0.15, -0.1) is 35.3 Å². The standard InChI is InChI=1S/C16H29N5S.HI/c1-14-15(22-13-20-14)12-19-16(17-2)18-8-7-11-21-9-5-3-4-6-10-21;/h13H,3-12H2,1-2H3,(H2,17,18,19);1H. The van der Waals surface area contributed by atoms with Gasteiger partial charge in [0.25, 0.3) is 0 Å². The van der Waals surface area contributed by atoms with Crippen LogP contribution in [-0.2, 0) is 6.54 Å². The van der Waals surface area contributed by atoms with Crippen LogP contribution in [0, 0.1) is 6.92 Å². The highest BCUT2D eigenvalue weighted by Gasteiger charge is 2.08. The minimum atomic E-state index is 0. The summed E-state index contributed by atoms with van der Waals surface area (Å²) in [6, 6.07) is 0. The Hall–Kier alpha value is -0.410. The molecule has 132 valence electrons. The number of likely N-dealkylation sites (tertiary alicyclic amines) is 1. The van der Waals surface area contributed by atoms with Gasteiger partial charge >= 0.3 is 0 Å². The summed E-state index contributed by atoms with van der Waals surface area (Å²) in [6.45, 7) is 7.55. The summed E-state index contributed by atoms with van der Waals surface area (Å²) < 4.78 is 0. The number of hydrogen-bond acceptors (Lipinski definition) is 4. The van der Waals surface area contributed by atoms with Gasteiger partial charge in [-0.05, 0) is 45.8 Å². The summed E-state index contributed by atoms with van der Waals surface area (Å²) in [4.78, 5) is 12.4. The second-order valence-electron chi connectivity index (χ2n) is 5.82. The molecular formula is C16H30IN5S. The van der Waals surface area contributed by atoms with Gasteiger partial charge in [0.05, 0.1) is 17.7 Å². The van der Waals surface area contributed by atoms with Gasteiger partial charge in [0, 0.05) is 18.5 Å². The first-order chi connectivity index (χ1) is 10.8. The Morgan fingerprint density at radius 2 is 2.00 bits per heavy atom. The number of aromatic nitrogens is 1. The van der Waals surface area contributed by atoms with Gasteiger partial charge in [0.2, 0.25) is 0 Å². The second kappa shape index (κ2) is 12.0. The number of hydrogen-bond donors (Lipinski definition) is 2. The largest absolute Gasteiger partial charge is 0.356 e. The van der Waals surface area contributed by atoms with Crippen molar-refractivity contribution in [2.45, 2.75) is 45.6 Å². The van der Waals surface area contributed by atoms with E-state index < -0.39 is 0 Å². The molecule has 5 nitrogen and oxygen atoms in total. The summed E-state index contributed by atoms with van der Waals surface area (Å²) in [7, 11) is 1.82. The number of guanidine groups is 1. The van der Waals surface area contributed by atoms with E-state index in [0.717, 1.165) is 24.7 Å². The van der Waals surface area contributed by atoms with Gasteiger partial charge in [0.15, 0.2) is 5.96 Å². The van der Waals surface area contributed by atoms with Crippen molar-refractivity contribution in [3.63, 3.8) is 0 Å². The zero-order valence-corrected chi connectivity index (χ0v) is 17.5. The van der Waals surface area contributed by atoms with Gasteiger partial charge in [0.1, 0.15) is 0 Å². The van der Waals surface area contributed by atoms with Crippen molar-refractivity contribution in [3.05, 3.63) is 16.1 Å². The lowest BCUT2D eigenvalue weighted by Gasteiger charge is -2.20. The van der Waals surface area contributed by atoms with E-state index in [4.69, 9.17) is 0 Å². The van der Waals surface area contributed by atoms with Gasteiger partial charge < -0.3 is 15.5 Å². The Morgan fingerprint density at radius 1 is 1.26 bits per heavy atom. The van der Waals surface area contributed by atoms with Gasteiger partial charge in [-0.25, -0.2) is 4.98 Å². The molecule has 2 heterocycles. The van der Waals surface area contributed by atoms with Crippen molar-refractivity contribution in [2.75, 3.05) is 33.2 Å². The Bertz CT molecular complexity index is 455. The molecule has 0 atom stereocenters. The Kier molecular flexibility index (Phi) is 10.8. The molecule has 0 spiro atoms. The summed E-state index contributed by atoms with van der Waals surface area (Å²) >= 11 is 1.69. The third-order valence-corrected chi connectivity index (χ3v) is 5.06. The third kappa shape index (κ3) is 7.80. The van der Waals surface area contributed by atoms with Crippen LogP contribution in [0.25, 0.3) is 0 Å². The van der Waals surface area contributed by atoms with Crippen LogP contribution >= 0.6 is 35.3 Å². The van der Waals surface area contributed by atoms with E-state index in [1.807, 2.05) is 19.5 Å². The molecule has 0 bridgehead atoms. The van der Waals surface area contributed by atoms with Crippen LogP contribution in [0.15, 0.2) is 10.5 Å². The fraction of sp³-hybridized carbons (Fsp3) is 0.750. The van der Waals surface area contributed by atoms with Crippen LogP contribution in [0.3, 0.4) is 0 Å². The summed E-state index contributed by atoms with van der Waals surface area (Å²) in [5, 5.41) is 6.76. The van der Waals surface area contributed by atoms with Gasteiger partial charge in [-0.2, -0.15) is 0 Å². The third-order valence-electron chi connectivity index (χ3n) is 4.13. The van der Waals surface area contributed by atoms with E-state index in [1.165, 1.54) is 56.6 Å². The first-order valence-corrected chi connectivity index (χ1v) is 9.23. The molecule has 0 saturated carbocycles. The molecule has 1 saturated heterocycles. The van der Waals surface area contributed by atoms with E-state index in [0.29, 0.717) is 0 Å². The van der Waals surface area contributed by atoms with E-state index in [-0.39, 0.29) is 24.0 Å². The SMILES string of the molecule is CN=C(NCCCN1CCCCCC1)NCc1scnc1C.I. The normalized spacial score (nSPS) is 16.5. The van der Waals surface area contributed by atoms with Crippen LogP contribution in [-0.4, -0.2) is 49.1 Å². The molecule has 0 aromatic carbocycles. The highest BCUT2D eigenvalue weighted by molar-refractivity contribution is 14.0. The highest BCUT2D eigenvalue weighted by atomic mass is 127. The molecule has 0 radical (unpaired) electrons. The molecule has 0 aliphatic carbocycles. The molecule has 23 heavy (non-hydrogen) atoms. The van der Waals surface area contributed by atoms with E-state index in [1.54, 1.807) is 11.3 Å². The smallest absolute Gasteiger partial charge is 0.191 e. The molecule has 0 amide bonds. The maximum Gasteiger partial charge on any atom is 0.191 e. The van der Waals surface area contributed by atoms with Gasteiger partial charge in [-0.1, -0.05) is 12.8 Å². The molecule has 1 fully saturated rings. The lowest BCUT2D eigenvalue weighted by Crippen LogP contribution is -2.38. The van der Waals surface area contributed by atoms with E-state index in [9.17, 15) is 0 Å². The van der Waals surface area contributed by atoms with E-state index in [2.05, 4.69) is 25.5 Å². The van der Waals surface area contributed by atoms with Crippen molar-refractivity contribution in [3.8, 4) is 0 Å². The number of aliphatic imine (C=N–C) groups is 1. The number of halogens is 1. The predicted octanol–water partition coefficient (Wildman–Crippen LogP) is 3.00. The van der Waals surface area contributed by atoms with Crippen LogP contribution in [0.5, 0.6) is 0 Å². The van der Waals surface area contributed by atoms with Crippen molar-refractivity contribution < 1.29 is 0 Å². The number of aryl methyl sites for hydroxylation is 1. The quantitative estimate of drug-likeness (QED) is 0.302. The second-order valence-corrected chi connectivity index (χ2v) is 6.76. The summed E-state index contributed by atoms with van der Waals surface area (Å²) in [5.74, 6) is 0.878.